The first-order valence-electron chi connectivity index (χ1n) is 5.12. The molecule has 18 heavy (non-hydrogen) atoms. The van der Waals surface area contributed by atoms with Crippen LogP contribution < -0.4 is 5.73 Å². The summed E-state index contributed by atoms with van der Waals surface area (Å²) in [5.41, 5.74) is 5.92. The topological polar surface area (TPSA) is 78.9 Å². The van der Waals surface area contributed by atoms with Crippen LogP contribution in [-0.2, 0) is 0 Å². The lowest BCUT2D eigenvalue weighted by atomic mass is 10.2. The Kier molecular flexibility index (Phi) is 5.61. The summed E-state index contributed by atoms with van der Waals surface area (Å²) in [6.45, 7) is 0.383. The Hall–Kier alpha value is -1.08. The minimum atomic E-state index is -0.131. The first-order chi connectivity index (χ1) is 8.45. The fourth-order valence-corrected chi connectivity index (χ4v) is 2.08. The lowest BCUT2D eigenvalue weighted by molar-refractivity contribution is 0.0797. The number of amides is 1. The van der Waals surface area contributed by atoms with Gasteiger partial charge in [0.1, 0.15) is 5.84 Å². The average Bonchev–Trinajstić information content (AvgIpc) is 2.37. The summed E-state index contributed by atoms with van der Waals surface area (Å²) >= 11 is 6.66. The van der Waals surface area contributed by atoms with E-state index in [1.807, 2.05) is 6.07 Å². The Labute approximate surface area is 122 Å². The van der Waals surface area contributed by atoms with Crippen LogP contribution in [0.2, 0.25) is 0 Å². The third-order valence-corrected chi connectivity index (χ3v) is 3.52. The number of hydrogen-bond donors (Lipinski definition) is 2. The first kappa shape index (κ1) is 15.0. The van der Waals surface area contributed by atoms with Crippen molar-refractivity contribution in [1.82, 2.24) is 4.90 Å². The van der Waals surface area contributed by atoms with E-state index in [1.165, 1.54) is 4.90 Å². The van der Waals surface area contributed by atoms with Gasteiger partial charge in [0.05, 0.1) is 5.56 Å². The van der Waals surface area contributed by atoms with Crippen LogP contribution in [0.4, 0.5) is 0 Å². The summed E-state index contributed by atoms with van der Waals surface area (Å²) in [6.07, 6.45) is 0.324. The Bertz CT molecular complexity index is 477. The fourth-order valence-electron chi connectivity index (χ4n) is 1.30. The molecule has 0 aliphatic carbocycles. The predicted molar refractivity (Wildman–Crippen MR) is 76.8 cm³/mol. The van der Waals surface area contributed by atoms with Crippen molar-refractivity contribution in [2.45, 2.75) is 6.42 Å². The number of amidine groups is 1. The van der Waals surface area contributed by atoms with Crippen molar-refractivity contribution in [3.63, 3.8) is 0 Å². The summed E-state index contributed by atoms with van der Waals surface area (Å²) in [7, 11) is 1.67. The van der Waals surface area contributed by atoms with E-state index in [9.17, 15) is 4.79 Å². The maximum Gasteiger partial charge on any atom is 0.254 e. The highest BCUT2D eigenvalue weighted by Crippen LogP contribution is 2.22. The Morgan fingerprint density at radius 2 is 2.17 bits per heavy atom. The highest BCUT2D eigenvalue weighted by Gasteiger charge is 2.15. The molecule has 0 atom stereocenters. The van der Waals surface area contributed by atoms with E-state index in [1.54, 1.807) is 19.2 Å². The monoisotopic (exact) mass is 377 g/mol. The molecule has 0 saturated carbocycles. The van der Waals surface area contributed by atoms with E-state index in [0.29, 0.717) is 18.5 Å². The summed E-state index contributed by atoms with van der Waals surface area (Å²) in [5.74, 6) is -0.0307. The van der Waals surface area contributed by atoms with Gasteiger partial charge in [-0.1, -0.05) is 21.1 Å². The molecule has 0 saturated heterocycles. The standard InChI is InChI=1S/C11H13Br2N3O2/c1-16(5-4-10(14)15-18)11(17)8-6-7(12)2-3-9(8)13/h2-3,6,18H,4-5H2,1H3,(H2,14,15). The third-order valence-electron chi connectivity index (χ3n) is 2.34. The minimum absolute atomic E-state index is 0.1000. The van der Waals surface area contributed by atoms with Gasteiger partial charge in [-0.15, -0.1) is 0 Å². The Morgan fingerprint density at radius 1 is 1.50 bits per heavy atom. The summed E-state index contributed by atoms with van der Waals surface area (Å²) in [6, 6.07) is 5.39. The molecule has 3 N–H and O–H groups in total. The van der Waals surface area contributed by atoms with Gasteiger partial charge in [0.15, 0.2) is 0 Å². The minimum Gasteiger partial charge on any atom is -0.409 e. The van der Waals surface area contributed by atoms with Crippen molar-refractivity contribution in [3.05, 3.63) is 32.7 Å². The molecule has 0 heterocycles. The number of rotatable bonds is 4. The molecule has 0 radical (unpaired) electrons. The third kappa shape index (κ3) is 3.99. The van der Waals surface area contributed by atoms with Crippen LogP contribution in [0, 0.1) is 0 Å². The molecule has 0 spiro atoms. The molecule has 0 fully saturated rings. The zero-order chi connectivity index (χ0) is 13.7. The second-order valence-corrected chi connectivity index (χ2v) is 5.46. The normalized spacial score (nSPS) is 11.4. The SMILES string of the molecule is CN(CC/C(N)=N/O)C(=O)c1cc(Br)ccc1Br. The smallest absolute Gasteiger partial charge is 0.254 e. The van der Waals surface area contributed by atoms with Crippen molar-refractivity contribution < 1.29 is 10.0 Å². The molecule has 0 unspecified atom stereocenters. The van der Waals surface area contributed by atoms with Gasteiger partial charge in [-0.2, -0.15) is 0 Å². The molecule has 98 valence electrons. The summed E-state index contributed by atoms with van der Waals surface area (Å²) < 4.78 is 1.56. The molecule has 0 bridgehead atoms. The van der Waals surface area contributed by atoms with Gasteiger partial charge in [-0.3, -0.25) is 4.79 Å². The molecule has 1 aromatic rings. The number of halogens is 2. The van der Waals surface area contributed by atoms with Crippen molar-refractivity contribution >= 4 is 43.6 Å². The summed E-state index contributed by atoms with van der Waals surface area (Å²) in [4.78, 5) is 13.7. The molecule has 7 heteroatoms. The highest BCUT2D eigenvalue weighted by atomic mass is 79.9. The number of benzene rings is 1. The largest absolute Gasteiger partial charge is 0.409 e. The van der Waals surface area contributed by atoms with E-state index in [4.69, 9.17) is 10.9 Å². The Morgan fingerprint density at radius 3 is 2.78 bits per heavy atom. The zero-order valence-corrected chi connectivity index (χ0v) is 12.9. The van der Waals surface area contributed by atoms with Crippen LogP contribution in [-0.4, -0.2) is 35.4 Å². The van der Waals surface area contributed by atoms with Gasteiger partial charge < -0.3 is 15.8 Å². The van der Waals surface area contributed by atoms with Crippen LogP contribution in [0.15, 0.2) is 32.3 Å². The second kappa shape index (κ2) is 6.75. The zero-order valence-electron chi connectivity index (χ0n) is 9.73. The molecular formula is C11H13Br2N3O2. The van der Waals surface area contributed by atoms with Gasteiger partial charge in [0.2, 0.25) is 0 Å². The number of carbonyl (C=O) groups is 1. The lowest BCUT2D eigenvalue weighted by Gasteiger charge is -2.17. The molecule has 0 aromatic heterocycles. The van der Waals surface area contributed by atoms with Crippen molar-refractivity contribution in [1.29, 1.82) is 0 Å². The quantitative estimate of drug-likeness (QED) is 0.365. The van der Waals surface area contributed by atoms with E-state index in [-0.39, 0.29) is 11.7 Å². The van der Waals surface area contributed by atoms with Crippen LogP contribution in [0.25, 0.3) is 0 Å². The van der Waals surface area contributed by atoms with E-state index >= 15 is 0 Å². The molecule has 1 rings (SSSR count). The van der Waals surface area contributed by atoms with Gasteiger partial charge >= 0.3 is 0 Å². The number of nitrogens with zero attached hydrogens (tertiary/aromatic N) is 2. The molecule has 1 aromatic carbocycles. The average molecular weight is 379 g/mol. The molecular weight excluding hydrogens is 366 g/mol. The number of hydrogen-bond acceptors (Lipinski definition) is 3. The van der Waals surface area contributed by atoms with Crippen LogP contribution in [0.1, 0.15) is 16.8 Å². The lowest BCUT2D eigenvalue weighted by Crippen LogP contribution is -2.30. The van der Waals surface area contributed by atoms with E-state index < -0.39 is 0 Å². The predicted octanol–water partition coefficient (Wildman–Crippen LogP) is 2.42. The molecule has 1 amide bonds. The Balaban J connectivity index is 2.77. The maximum absolute atomic E-state index is 12.2. The molecule has 0 aliphatic rings. The van der Waals surface area contributed by atoms with Crippen molar-refractivity contribution in [2.75, 3.05) is 13.6 Å². The fraction of sp³-hybridized carbons (Fsp3) is 0.273. The molecule has 0 aliphatic heterocycles. The van der Waals surface area contributed by atoms with Gasteiger partial charge in [-0.05, 0) is 34.1 Å². The number of carbonyl (C=O) groups excluding carboxylic acids is 1. The highest BCUT2D eigenvalue weighted by molar-refractivity contribution is 9.11. The summed E-state index contributed by atoms with van der Waals surface area (Å²) in [5, 5.41) is 11.3. The molecule has 5 nitrogen and oxygen atoms in total. The van der Waals surface area contributed by atoms with Gasteiger partial charge in [0, 0.05) is 29.0 Å². The van der Waals surface area contributed by atoms with Crippen LogP contribution in [0.3, 0.4) is 0 Å². The number of oxime groups is 1. The number of nitrogens with two attached hydrogens (primary N) is 1. The van der Waals surface area contributed by atoms with Gasteiger partial charge in [0.25, 0.3) is 5.91 Å². The van der Waals surface area contributed by atoms with E-state index in [2.05, 4.69) is 37.0 Å². The second-order valence-electron chi connectivity index (χ2n) is 3.69. The maximum atomic E-state index is 12.2. The van der Waals surface area contributed by atoms with Crippen LogP contribution in [0.5, 0.6) is 0 Å². The van der Waals surface area contributed by atoms with Crippen molar-refractivity contribution in [3.8, 4) is 0 Å². The van der Waals surface area contributed by atoms with E-state index in [0.717, 1.165) is 8.95 Å². The van der Waals surface area contributed by atoms with Gasteiger partial charge in [-0.25, -0.2) is 0 Å². The van der Waals surface area contributed by atoms with Crippen LogP contribution >= 0.6 is 31.9 Å². The first-order valence-corrected chi connectivity index (χ1v) is 6.71. The van der Waals surface area contributed by atoms with Crippen molar-refractivity contribution in [2.24, 2.45) is 10.9 Å².